The third-order valence-electron chi connectivity index (χ3n) is 2.51. The van der Waals surface area contributed by atoms with Gasteiger partial charge >= 0.3 is 0 Å². The summed E-state index contributed by atoms with van der Waals surface area (Å²) >= 11 is 0. The fourth-order valence-corrected chi connectivity index (χ4v) is 1.45. The van der Waals surface area contributed by atoms with Crippen LogP contribution in [0.4, 0.5) is 0 Å². The van der Waals surface area contributed by atoms with Crippen LogP contribution in [0.5, 0.6) is 11.5 Å². The normalized spacial score (nSPS) is 12.0. The smallest absolute Gasteiger partial charge is 0.161 e. The number of benzene rings is 1. The van der Waals surface area contributed by atoms with Crippen molar-refractivity contribution in [3.63, 3.8) is 0 Å². The zero-order valence-electron chi connectivity index (χ0n) is 9.27. The predicted octanol–water partition coefficient (Wildman–Crippen LogP) is 1.88. The summed E-state index contributed by atoms with van der Waals surface area (Å²) in [5.41, 5.74) is 0.636. The van der Waals surface area contributed by atoms with E-state index in [2.05, 4.69) is 11.4 Å². The van der Waals surface area contributed by atoms with Crippen LogP contribution in [0.25, 0.3) is 0 Å². The Hall–Kier alpha value is -1.73. The van der Waals surface area contributed by atoms with Gasteiger partial charge in [0.05, 0.1) is 12.5 Å². The number of para-hydroxylation sites is 1. The number of nitrogens with one attached hydrogen (secondary N) is 1. The third kappa shape index (κ3) is 3.14. The average molecular weight is 220 g/mol. The number of hydrogen-bond acceptors (Lipinski definition) is 4. The number of aromatic hydroxyl groups is 2. The Morgan fingerprint density at radius 2 is 2.19 bits per heavy atom. The van der Waals surface area contributed by atoms with Gasteiger partial charge in [-0.25, -0.2) is 0 Å². The Balaban J connectivity index is 2.60. The first-order valence-electron chi connectivity index (χ1n) is 5.29. The fourth-order valence-electron chi connectivity index (χ4n) is 1.45. The summed E-state index contributed by atoms with van der Waals surface area (Å²) in [5.74, 6) is -0.213. The lowest BCUT2D eigenvalue weighted by atomic mass is 10.1. The van der Waals surface area contributed by atoms with Crippen LogP contribution in [-0.2, 0) is 6.54 Å². The van der Waals surface area contributed by atoms with E-state index in [0.717, 1.165) is 6.42 Å². The van der Waals surface area contributed by atoms with E-state index in [4.69, 9.17) is 5.26 Å². The van der Waals surface area contributed by atoms with Crippen molar-refractivity contribution in [1.82, 2.24) is 5.32 Å². The zero-order valence-corrected chi connectivity index (χ0v) is 9.27. The summed E-state index contributed by atoms with van der Waals surface area (Å²) in [4.78, 5) is 0. The molecule has 86 valence electrons. The number of hydrogen-bond donors (Lipinski definition) is 3. The number of nitrogens with zero attached hydrogens (tertiary/aromatic N) is 1. The van der Waals surface area contributed by atoms with Gasteiger partial charge in [-0.1, -0.05) is 19.1 Å². The van der Waals surface area contributed by atoms with Crippen LogP contribution >= 0.6 is 0 Å². The molecule has 0 bridgehead atoms. The fraction of sp³-hybridized carbons (Fsp3) is 0.417. The van der Waals surface area contributed by atoms with Gasteiger partial charge < -0.3 is 15.5 Å². The van der Waals surface area contributed by atoms with E-state index in [0.29, 0.717) is 18.5 Å². The SMILES string of the molecule is CCC(CC#N)NCc1cccc(O)c1O. The molecule has 0 spiro atoms. The first kappa shape index (κ1) is 12.3. The van der Waals surface area contributed by atoms with Crippen molar-refractivity contribution in [2.24, 2.45) is 0 Å². The van der Waals surface area contributed by atoms with Crippen LogP contribution < -0.4 is 5.32 Å². The minimum Gasteiger partial charge on any atom is -0.504 e. The summed E-state index contributed by atoms with van der Waals surface area (Å²) in [6.07, 6.45) is 1.29. The van der Waals surface area contributed by atoms with Gasteiger partial charge in [-0.2, -0.15) is 5.26 Å². The molecule has 0 amide bonds. The van der Waals surface area contributed by atoms with Crippen molar-refractivity contribution >= 4 is 0 Å². The Morgan fingerprint density at radius 3 is 2.81 bits per heavy atom. The molecule has 0 aromatic heterocycles. The molecule has 0 aliphatic rings. The van der Waals surface area contributed by atoms with Gasteiger partial charge in [-0.05, 0) is 12.5 Å². The molecule has 0 radical (unpaired) electrons. The van der Waals surface area contributed by atoms with Gasteiger partial charge in [-0.3, -0.25) is 0 Å². The standard InChI is InChI=1S/C12H16N2O2/c1-2-10(6-7-13)14-8-9-4-3-5-11(15)12(9)16/h3-5,10,14-16H,2,6,8H2,1H3. The van der Waals surface area contributed by atoms with Crippen molar-refractivity contribution in [3.05, 3.63) is 23.8 Å². The molecule has 1 unspecified atom stereocenters. The second kappa shape index (κ2) is 5.99. The molecule has 0 fully saturated rings. The zero-order chi connectivity index (χ0) is 12.0. The van der Waals surface area contributed by atoms with Crippen LogP contribution in [0.1, 0.15) is 25.3 Å². The van der Waals surface area contributed by atoms with Crippen molar-refractivity contribution < 1.29 is 10.2 Å². The van der Waals surface area contributed by atoms with Crippen LogP contribution in [0, 0.1) is 11.3 Å². The Morgan fingerprint density at radius 1 is 1.44 bits per heavy atom. The maximum absolute atomic E-state index is 9.56. The number of phenolic OH excluding ortho intramolecular Hbond substituents is 2. The highest BCUT2D eigenvalue weighted by atomic mass is 16.3. The molecule has 1 aromatic carbocycles. The van der Waals surface area contributed by atoms with E-state index >= 15 is 0 Å². The topological polar surface area (TPSA) is 76.3 Å². The van der Waals surface area contributed by atoms with E-state index < -0.39 is 0 Å². The Bertz CT molecular complexity index is 385. The minimum absolute atomic E-state index is 0.0955. The second-order valence-electron chi connectivity index (χ2n) is 3.63. The lowest BCUT2D eigenvalue weighted by molar-refractivity contribution is 0.395. The van der Waals surface area contributed by atoms with E-state index in [1.807, 2.05) is 6.92 Å². The third-order valence-corrected chi connectivity index (χ3v) is 2.51. The highest BCUT2D eigenvalue weighted by Crippen LogP contribution is 2.27. The largest absolute Gasteiger partial charge is 0.504 e. The maximum Gasteiger partial charge on any atom is 0.161 e. The van der Waals surface area contributed by atoms with Crippen molar-refractivity contribution in [2.75, 3.05) is 0 Å². The maximum atomic E-state index is 9.56. The quantitative estimate of drug-likeness (QED) is 0.662. The Labute approximate surface area is 95.2 Å². The van der Waals surface area contributed by atoms with Gasteiger partial charge in [0.25, 0.3) is 0 Å². The van der Waals surface area contributed by atoms with Crippen molar-refractivity contribution in [1.29, 1.82) is 5.26 Å². The first-order valence-corrected chi connectivity index (χ1v) is 5.29. The Kier molecular flexibility index (Phi) is 4.62. The first-order chi connectivity index (χ1) is 7.69. The van der Waals surface area contributed by atoms with Crippen LogP contribution in [0.2, 0.25) is 0 Å². The van der Waals surface area contributed by atoms with Crippen LogP contribution in [0.15, 0.2) is 18.2 Å². The summed E-state index contributed by atoms with van der Waals surface area (Å²) in [5, 5.41) is 30.6. The van der Waals surface area contributed by atoms with E-state index in [9.17, 15) is 10.2 Å². The van der Waals surface area contributed by atoms with Crippen LogP contribution in [0.3, 0.4) is 0 Å². The summed E-state index contributed by atoms with van der Waals surface area (Å²) in [7, 11) is 0. The molecule has 4 heteroatoms. The molecule has 0 saturated heterocycles. The molecule has 4 nitrogen and oxygen atoms in total. The summed E-state index contributed by atoms with van der Waals surface area (Å²) in [6, 6.07) is 7.08. The van der Waals surface area contributed by atoms with Gasteiger partial charge in [0.2, 0.25) is 0 Å². The predicted molar refractivity (Wildman–Crippen MR) is 60.9 cm³/mol. The molecule has 0 aliphatic heterocycles. The summed E-state index contributed by atoms with van der Waals surface area (Å²) < 4.78 is 0. The molecule has 0 heterocycles. The van der Waals surface area contributed by atoms with Crippen molar-refractivity contribution in [3.8, 4) is 17.6 Å². The molecule has 0 saturated carbocycles. The molecular weight excluding hydrogens is 204 g/mol. The van der Waals surface area contributed by atoms with Crippen molar-refractivity contribution in [2.45, 2.75) is 32.4 Å². The van der Waals surface area contributed by atoms with Crippen LogP contribution in [-0.4, -0.2) is 16.3 Å². The molecule has 3 N–H and O–H groups in total. The van der Waals surface area contributed by atoms with E-state index in [-0.39, 0.29) is 17.5 Å². The molecular formula is C12H16N2O2. The molecule has 16 heavy (non-hydrogen) atoms. The second-order valence-corrected chi connectivity index (χ2v) is 3.63. The lowest BCUT2D eigenvalue weighted by Gasteiger charge is -2.14. The van der Waals surface area contributed by atoms with Gasteiger partial charge in [0.15, 0.2) is 11.5 Å². The van der Waals surface area contributed by atoms with Gasteiger partial charge in [-0.15, -0.1) is 0 Å². The van der Waals surface area contributed by atoms with E-state index in [1.54, 1.807) is 12.1 Å². The lowest BCUT2D eigenvalue weighted by Crippen LogP contribution is -2.27. The molecule has 0 aliphatic carbocycles. The molecule has 1 rings (SSSR count). The molecule has 1 atom stereocenters. The number of rotatable bonds is 5. The van der Waals surface area contributed by atoms with E-state index in [1.165, 1.54) is 6.07 Å². The minimum atomic E-state index is -0.118. The highest BCUT2D eigenvalue weighted by molar-refractivity contribution is 5.44. The van der Waals surface area contributed by atoms with Gasteiger partial charge in [0, 0.05) is 18.2 Å². The highest BCUT2D eigenvalue weighted by Gasteiger charge is 2.08. The molecule has 1 aromatic rings. The number of nitriles is 1. The van der Waals surface area contributed by atoms with Gasteiger partial charge in [0.1, 0.15) is 0 Å². The number of phenols is 2. The summed E-state index contributed by atoms with van der Waals surface area (Å²) in [6.45, 7) is 2.44. The monoisotopic (exact) mass is 220 g/mol. The average Bonchev–Trinajstić information content (AvgIpc) is 2.29.